The summed E-state index contributed by atoms with van der Waals surface area (Å²) in [5.41, 5.74) is 2.16. The minimum Gasteiger partial charge on any atom is -0.494 e. The summed E-state index contributed by atoms with van der Waals surface area (Å²) in [6.45, 7) is 9.88. The number of likely N-dealkylation sites (N-methyl/N-ethyl adjacent to an activating group) is 1. The van der Waals surface area contributed by atoms with Crippen LogP contribution in [-0.2, 0) is 9.84 Å². The fourth-order valence-electron chi connectivity index (χ4n) is 5.53. The first-order valence-corrected chi connectivity index (χ1v) is 16.2. The molecule has 2 aliphatic rings. The monoisotopic (exact) mass is 610 g/mol. The Balaban J connectivity index is 1.31. The number of nitrogens with one attached hydrogen (secondary N) is 2. The molecular weight excluding hydrogens is 568 g/mol. The molecule has 3 heterocycles. The molecule has 2 saturated heterocycles. The number of benzene rings is 2. The van der Waals surface area contributed by atoms with E-state index in [-0.39, 0.29) is 22.8 Å². The predicted molar refractivity (Wildman–Crippen MR) is 169 cm³/mol. The Kier molecular flexibility index (Phi) is 9.52. The lowest BCUT2D eigenvalue weighted by Crippen LogP contribution is -2.52. The molecule has 0 atom stereocenters. The molecule has 43 heavy (non-hydrogen) atoms. The largest absolute Gasteiger partial charge is 0.494 e. The Morgan fingerprint density at radius 3 is 2.12 bits per heavy atom. The number of hydrogen-bond acceptors (Lipinski definition) is 12. The number of ether oxygens (including phenoxy) is 2. The Labute approximate surface area is 254 Å². The van der Waals surface area contributed by atoms with Gasteiger partial charge in [-0.05, 0) is 58.0 Å². The third-order valence-electron chi connectivity index (χ3n) is 8.17. The molecule has 0 aliphatic carbocycles. The van der Waals surface area contributed by atoms with Crippen LogP contribution in [0.4, 0.5) is 29.0 Å². The van der Waals surface area contributed by atoms with Gasteiger partial charge in [-0.2, -0.15) is 15.0 Å². The first-order chi connectivity index (χ1) is 20.7. The Bertz CT molecular complexity index is 1500. The van der Waals surface area contributed by atoms with Gasteiger partial charge in [0.2, 0.25) is 11.9 Å². The topological polar surface area (TPSA) is 125 Å². The van der Waals surface area contributed by atoms with Gasteiger partial charge >= 0.3 is 6.01 Å². The molecule has 0 spiro atoms. The van der Waals surface area contributed by atoms with E-state index in [1.807, 2.05) is 12.1 Å². The van der Waals surface area contributed by atoms with Crippen molar-refractivity contribution in [2.45, 2.75) is 42.9 Å². The smallest absolute Gasteiger partial charge is 0.322 e. The number of piperazine rings is 1. The van der Waals surface area contributed by atoms with Gasteiger partial charge in [0.05, 0.1) is 35.7 Å². The van der Waals surface area contributed by atoms with Gasteiger partial charge in [0.1, 0.15) is 5.75 Å². The minimum atomic E-state index is -3.54. The molecule has 2 fully saturated rings. The lowest BCUT2D eigenvalue weighted by Gasteiger charge is -2.42. The van der Waals surface area contributed by atoms with Gasteiger partial charge in [-0.3, -0.25) is 4.90 Å². The summed E-state index contributed by atoms with van der Waals surface area (Å²) in [6.07, 6.45) is 2.29. The van der Waals surface area contributed by atoms with E-state index in [1.54, 1.807) is 45.2 Å². The van der Waals surface area contributed by atoms with Crippen LogP contribution >= 0.6 is 0 Å². The summed E-state index contributed by atoms with van der Waals surface area (Å²) >= 11 is 0. The lowest BCUT2D eigenvalue weighted by atomic mass is 10.0. The van der Waals surface area contributed by atoms with Crippen LogP contribution in [0.3, 0.4) is 0 Å². The van der Waals surface area contributed by atoms with E-state index in [0.29, 0.717) is 23.2 Å². The standard InChI is InChI=1S/C30H42N8O4S/c1-21(2)43(39,40)27-9-7-6-8-25(27)32-29-33-28(34-30(35-29)42-5)31-24-11-10-23(20-26(24)41-4)37-14-12-22(13-15-37)38-18-16-36(3)17-19-38/h6-11,20-22H,12-19H2,1-5H3,(H2,31,32,33,34,35). The number of nitrogens with zero attached hydrogens (tertiary/aromatic N) is 6. The Morgan fingerprint density at radius 2 is 1.49 bits per heavy atom. The van der Waals surface area contributed by atoms with Crippen molar-refractivity contribution in [1.82, 2.24) is 24.8 Å². The third-order valence-corrected chi connectivity index (χ3v) is 10.4. The lowest BCUT2D eigenvalue weighted by molar-refractivity contribution is 0.0982. The molecule has 0 unspecified atom stereocenters. The van der Waals surface area contributed by atoms with E-state index in [1.165, 1.54) is 7.11 Å². The summed E-state index contributed by atoms with van der Waals surface area (Å²) < 4.78 is 36.9. The van der Waals surface area contributed by atoms with Gasteiger partial charge in [-0.1, -0.05) is 12.1 Å². The van der Waals surface area contributed by atoms with Crippen LogP contribution in [0.5, 0.6) is 11.8 Å². The maximum absolute atomic E-state index is 12.9. The van der Waals surface area contributed by atoms with Gasteiger partial charge in [-0.25, -0.2) is 8.42 Å². The van der Waals surface area contributed by atoms with Gasteiger partial charge in [0.15, 0.2) is 9.84 Å². The van der Waals surface area contributed by atoms with E-state index >= 15 is 0 Å². The van der Waals surface area contributed by atoms with Crippen LogP contribution in [0.15, 0.2) is 47.4 Å². The van der Waals surface area contributed by atoms with Crippen molar-refractivity contribution in [2.24, 2.45) is 0 Å². The Morgan fingerprint density at radius 1 is 0.837 bits per heavy atom. The molecule has 12 nitrogen and oxygen atoms in total. The highest BCUT2D eigenvalue weighted by atomic mass is 32.2. The summed E-state index contributed by atoms with van der Waals surface area (Å²) in [7, 11) is 1.75. The highest BCUT2D eigenvalue weighted by molar-refractivity contribution is 7.92. The third kappa shape index (κ3) is 7.11. The second-order valence-electron chi connectivity index (χ2n) is 11.3. The summed E-state index contributed by atoms with van der Waals surface area (Å²) in [6, 6.07) is 13.5. The average molecular weight is 611 g/mol. The van der Waals surface area contributed by atoms with Crippen LogP contribution in [0.25, 0.3) is 0 Å². The number of rotatable bonds is 10. The van der Waals surface area contributed by atoms with E-state index in [2.05, 4.69) is 53.4 Å². The van der Waals surface area contributed by atoms with Crippen LogP contribution in [-0.4, -0.2) is 105 Å². The number of anilines is 5. The first-order valence-electron chi connectivity index (χ1n) is 14.7. The predicted octanol–water partition coefficient (Wildman–Crippen LogP) is 3.77. The molecule has 13 heteroatoms. The molecule has 2 N–H and O–H groups in total. The van der Waals surface area contributed by atoms with Gasteiger partial charge in [-0.15, -0.1) is 0 Å². The first kappa shape index (κ1) is 30.8. The maximum Gasteiger partial charge on any atom is 0.322 e. The molecule has 232 valence electrons. The van der Waals surface area contributed by atoms with Crippen molar-refractivity contribution in [2.75, 3.05) is 76.1 Å². The molecule has 2 aliphatic heterocycles. The zero-order chi connectivity index (χ0) is 30.6. The molecule has 2 aromatic carbocycles. The zero-order valence-electron chi connectivity index (χ0n) is 25.6. The van der Waals surface area contributed by atoms with Gasteiger partial charge in [0.25, 0.3) is 0 Å². The fraction of sp³-hybridized carbons (Fsp3) is 0.500. The molecular formula is C30H42N8O4S. The quantitative estimate of drug-likeness (QED) is 0.347. The van der Waals surface area contributed by atoms with Crippen molar-refractivity contribution in [3.05, 3.63) is 42.5 Å². The second-order valence-corrected chi connectivity index (χ2v) is 13.7. The number of methoxy groups -OCH3 is 2. The molecule has 3 aromatic rings. The fourth-order valence-corrected chi connectivity index (χ4v) is 6.73. The molecule has 0 amide bonds. The summed E-state index contributed by atoms with van der Waals surface area (Å²) in [4.78, 5) is 20.8. The van der Waals surface area contributed by atoms with Gasteiger partial charge in [0, 0.05) is 57.1 Å². The van der Waals surface area contributed by atoms with Crippen LogP contribution < -0.4 is 25.0 Å². The Hall–Kier alpha value is -3.68. The highest BCUT2D eigenvalue weighted by Gasteiger charge is 2.27. The summed E-state index contributed by atoms with van der Waals surface area (Å²) in [5, 5.41) is 5.67. The molecule has 5 rings (SSSR count). The number of para-hydroxylation sites is 1. The average Bonchev–Trinajstić information content (AvgIpc) is 3.01. The molecule has 0 saturated carbocycles. The zero-order valence-corrected chi connectivity index (χ0v) is 26.4. The molecule has 0 bridgehead atoms. The number of aromatic nitrogens is 3. The number of hydrogen-bond donors (Lipinski definition) is 2. The normalized spacial score (nSPS) is 17.2. The van der Waals surface area contributed by atoms with Crippen molar-refractivity contribution in [3.63, 3.8) is 0 Å². The van der Waals surface area contributed by atoms with Crippen LogP contribution in [0.1, 0.15) is 26.7 Å². The van der Waals surface area contributed by atoms with E-state index in [9.17, 15) is 8.42 Å². The van der Waals surface area contributed by atoms with Crippen molar-refractivity contribution >= 4 is 38.8 Å². The number of sulfone groups is 1. The summed E-state index contributed by atoms with van der Waals surface area (Å²) in [5.74, 6) is 1.01. The van der Waals surface area contributed by atoms with Crippen molar-refractivity contribution in [1.29, 1.82) is 0 Å². The van der Waals surface area contributed by atoms with E-state index in [0.717, 1.165) is 57.8 Å². The van der Waals surface area contributed by atoms with Gasteiger partial charge < -0.3 is 29.9 Å². The highest BCUT2D eigenvalue weighted by Crippen LogP contribution is 2.34. The molecule has 0 radical (unpaired) electrons. The van der Waals surface area contributed by atoms with Crippen LogP contribution in [0.2, 0.25) is 0 Å². The van der Waals surface area contributed by atoms with Crippen molar-refractivity contribution < 1.29 is 17.9 Å². The van der Waals surface area contributed by atoms with Crippen molar-refractivity contribution in [3.8, 4) is 11.8 Å². The maximum atomic E-state index is 12.9. The van der Waals surface area contributed by atoms with Crippen LogP contribution in [0, 0.1) is 0 Å². The van der Waals surface area contributed by atoms with E-state index < -0.39 is 15.1 Å². The SMILES string of the molecule is COc1nc(Nc2ccc(N3CCC(N4CCN(C)CC4)CC3)cc2OC)nc(Nc2ccccc2S(=O)(=O)C(C)C)n1. The molecule has 1 aromatic heterocycles. The minimum absolute atomic E-state index is 0.0722. The second kappa shape index (κ2) is 13.3. The number of piperidine rings is 1. The van der Waals surface area contributed by atoms with E-state index in [4.69, 9.17) is 9.47 Å².